The minimum absolute atomic E-state index is 0. The molecule has 0 aromatic carbocycles. The molecule has 6 nitrogen and oxygen atoms in total. The van der Waals surface area contributed by atoms with Gasteiger partial charge in [-0.2, -0.15) is 0 Å². The van der Waals surface area contributed by atoms with Gasteiger partial charge in [0.05, 0.1) is 7.11 Å². The number of carbonyl (C=O) groups is 2. The van der Waals surface area contributed by atoms with Crippen LogP contribution in [0, 0.1) is 0 Å². The van der Waals surface area contributed by atoms with Crippen molar-refractivity contribution in [3.63, 3.8) is 0 Å². The number of methoxy groups -OCH3 is 1. The molecule has 0 spiro atoms. The van der Waals surface area contributed by atoms with Crippen molar-refractivity contribution in [3.8, 4) is 0 Å². The maximum absolute atomic E-state index is 10.2. The predicted octanol–water partition coefficient (Wildman–Crippen LogP) is 1.30. The first-order valence-corrected chi connectivity index (χ1v) is 6.47. The molecule has 0 bridgehead atoms. The second-order valence-electron chi connectivity index (χ2n) is 4.74. The molecular weight excluding hydrogens is 312 g/mol. The number of carbonyl (C=O) groups excluding carboxylic acids is 2. The summed E-state index contributed by atoms with van der Waals surface area (Å²) in [6.45, 7) is 11.7. The first-order valence-electron chi connectivity index (χ1n) is 6.47. The van der Waals surface area contributed by atoms with Gasteiger partial charge in [0.1, 0.15) is 12.2 Å². The Morgan fingerprint density at radius 3 is 1.10 bits per heavy atom. The minimum atomic E-state index is -0.475. The van der Waals surface area contributed by atoms with Gasteiger partial charge in [0.15, 0.2) is 0 Å². The minimum Gasteiger partial charge on any atom is -0.469 e. The van der Waals surface area contributed by atoms with E-state index in [-0.39, 0.29) is 52.2 Å². The number of ether oxygens (including phenoxy) is 1. The molecule has 0 radical (unpaired) electrons. The Morgan fingerprint density at radius 1 is 0.857 bits per heavy atom. The largest absolute Gasteiger partial charge is 0.469 e. The number of aliphatic hydroxyl groups excluding tert-OH is 3. The topological polar surface area (TPSA) is 104 Å². The van der Waals surface area contributed by atoms with E-state index in [1.54, 1.807) is 41.5 Å². The first kappa shape index (κ1) is 32.6. The number of Topliss-reactive ketones (excluding diaryl/α,β-unsaturated/α-hetero) is 1. The molecule has 3 N–H and O–H groups in total. The Hall–Kier alpha value is -0.266. The van der Waals surface area contributed by atoms with E-state index in [4.69, 9.17) is 15.3 Å². The van der Waals surface area contributed by atoms with Crippen molar-refractivity contribution in [2.45, 2.75) is 73.2 Å². The summed E-state index contributed by atoms with van der Waals surface area (Å²) in [4.78, 5) is 20.3. The van der Waals surface area contributed by atoms with Gasteiger partial charge in [-0.05, 0) is 48.5 Å². The molecule has 0 unspecified atom stereocenters. The van der Waals surface area contributed by atoms with Crippen LogP contribution in [0.1, 0.15) is 54.9 Å². The Balaban J connectivity index is -0.0000000570. The Morgan fingerprint density at radius 2 is 1.05 bits per heavy atom. The number of esters is 1. The fourth-order valence-electron chi connectivity index (χ4n) is 0.275. The van der Waals surface area contributed by atoms with Crippen LogP contribution in [-0.2, 0) is 36.0 Å². The maximum Gasteiger partial charge on any atom is 0.313 e. The maximum atomic E-state index is 10.2. The van der Waals surface area contributed by atoms with Gasteiger partial charge in [-0.1, -0.05) is 0 Å². The number of aliphatic hydroxyl groups is 3. The predicted molar refractivity (Wildman–Crippen MR) is 79.4 cm³/mol. The zero-order chi connectivity index (χ0) is 17.3. The van der Waals surface area contributed by atoms with Crippen LogP contribution in [0.2, 0.25) is 0 Å². The smallest absolute Gasteiger partial charge is 0.313 e. The van der Waals surface area contributed by atoms with Crippen LogP contribution in [0.4, 0.5) is 0 Å². The van der Waals surface area contributed by atoms with Crippen LogP contribution in [0.25, 0.3) is 0 Å². The van der Waals surface area contributed by atoms with E-state index < -0.39 is 5.97 Å². The van der Waals surface area contributed by atoms with Crippen molar-refractivity contribution < 1.29 is 51.4 Å². The van der Waals surface area contributed by atoms with Gasteiger partial charge < -0.3 is 20.1 Å². The molecule has 7 heteroatoms. The molecule has 0 fully saturated rings. The monoisotopic (exact) mass is 344 g/mol. The molecule has 128 valence electrons. The number of hydrogen-bond acceptors (Lipinski definition) is 6. The van der Waals surface area contributed by atoms with E-state index in [1.807, 2.05) is 0 Å². The van der Waals surface area contributed by atoms with Gasteiger partial charge >= 0.3 is 5.97 Å². The zero-order valence-electron chi connectivity index (χ0n) is 14.5. The van der Waals surface area contributed by atoms with Gasteiger partial charge in [-0.25, -0.2) is 0 Å². The molecule has 0 aromatic heterocycles. The molecule has 0 atom stereocenters. The molecule has 0 saturated carbocycles. The van der Waals surface area contributed by atoms with Crippen LogP contribution in [0.3, 0.4) is 0 Å². The van der Waals surface area contributed by atoms with E-state index >= 15 is 0 Å². The summed E-state index contributed by atoms with van der Waals surface area (Å²) < 4.78 is 4.20. The van der Waals surface area contributed by atoms with E-state index in [1.165, 1.54) is 14.0 Å². The molecular formula is C14H32O6Ti. The number of ketones is 1. The van der Waals surface area contributed by atoms with E-state index in [9.17, 15) is 9.59 Å². The van der Waals surface area contributed by atoms with Gasteiger partial charge in [-0.3, -0.25) is 9.59 Å². The molecule has 0 aliphatic heterocycles. The Kier molecular flexibility index (Phi) is 38.4. The molecule has 0 heterocycles. The van der Waals surface area contributed by atoms with Crippen LogP contribution in [-0.4, -0.2) is 52.5 Å². The van der Waals surface area contributed by atoms with Crippen molar-refractivity contribution in [2.75, 3.05) is 7.11 Å². The summed E-state index contributed by atoms with van der Waals surface area (Å²) in [6.07, 6.45) is -0.615. The van der Waals surface area contributed by atoms with E-state index in [2.05, 4.69) is 4.74 Å². The Bertz CT molecular complexity index is 195. The number of hydrogen-bond donors (Lipinski definition) is 3. The van der Waals surface area contributed by atoms with E-state index in [0.29, 0.717) is 0 Å². The third kappa shape index (κ3) is 189. The summed E-state index contributed by atoms with van der Waals surface area (Å²) in [7, 11) is 1.26. The molecule has 0 aliphatic rings. The summed E-state index contributed by atoms with van der Waals surface area (Å²) in [5, 5.41) is 24.2. The van der Waals surface area contributed by atoms with Gasteiger partial charge in [0.25, 0.3) is 0 Å². The molecule has 0 aromatic rings. The Labute approximate surface area is 143 Å². The van der Waals surface area contributed by atoms with Crippen molar-refractivity contribution in [2.24, 2.45) is 0 Å². The molecule has 0 rings (SSSR count). The summed E-state index contributed by atoms with van der Waals surface area (Å²) >= 11 is 0. The van der Waals surface area contributed by atoms with Crippen LogP contribution >= 0.6 is 0 Å². The second kappa shape index (κ2) is 24.7. The average molecular weight is 344 g/mol. The SMILES string of the molecule is CC(C)O.CC(C)O.CC(C)O.COC(=O)CC(C)=O.[Ti]. The molecule has 0 saturated heterocycles. The van der Waals surface area contributed by atoms with Crippen molar-refractivity contribution in [3.05, 3.63) is 0 Å². The van der Waals surface area contributed by atoms with Crippen molar-refractivity contribution in [1.82, 2.24) is 0 Å². The standard InChI is InChI=1S/C5H8O3.3C3H8O.Ti/c1-4(6)3-5(7)8-2;3*1-3(2)4;/h3H2,1-2H3;3*3-4H,1-2H3;. The molecule has 21 heavy (non-hydrogen) atoms. The third-order valence-electron chi connectivity index (χ3n) is 0.621. The summed E-state index contributed by atoms with van der Waals surface area (Å²) in [5.74, 6) is -0.644. The van der Waals surface area contributed by atoms with E-state index in [0.717, 1.165) is 0 Å². The van der Waals surface area contributed by atoms with Gasteiger partial charge in [-0.15, -0.1) is 0 Å². The average Bonchev–Trinajstić information content (AvgIpc) is 2.13. The van der Waals surface area contributed by atoms with Gasteiger partial charge in [0, 0.05) is 40.0 Å². The van der Waals surface area contributed by atoms with Crippen molar-refractivity contribution in [1.29, 1.82) is 0 Å². The fourth-order valence-corrected chi connectivity index (χ4v) is 0.275. The summed E-state index contributed by atoms with van der Waals surface area (Å²) in [5.41, 5.74) is 0. The fraction of sp³-hybridized carbons (Fsp3) is 0.857. The quantitative estimate of drug-likeness (QED) is 0.396. The van der Waals surface area contributed by atoms with Crippen molar-refractivity contribution >= 4 is 11.8 Å². The zero-order valence-corrected chi connectivity index (χ0v) is 16.1. The first-order chi connectivity index (χ1) is 8.86. The molecule has 0 aliphatic carbocycles. The normalized spacial score (nSPS) is 8.29. The van der Waals surface area contributed by atoms with Crippen LogP contribution in [0.15, 0.2) is 0 Å². The van der Waals surface area contributed by atoms with Gasteiger partial charge in [0.2, 0.25) is 0 Å². The van der Waals surface area contributed by atoms with Crippen LogP contribution < -0.4 is 0 Å². The second-order valence-corrected chi connectivity index (χ2v) is 4.74. The third-order valence-corrected chi connectivity index (χ3v) is 0.621. The molecule has 0 amide bonds. The summed E-state index contributed by atoms with van der Waals surface area (Å²) in [6, 6.07) is 0. The van der Waals surface area contributed by atoms with Crippen LogP contribution in [0.5, 0.6) is 0 Å². The number of rotatable bonds is 2.